The highest BCUT2D eigenvalue weighted by Gasteiger charge is 2.24. The molecule has 0 fully saturated rings. The molecule has 0 saturated carbocycles. The van der Waals surface area contributed by atoms with Gasteiger partial charge in [-0.25, -0.2) is 4.98 Å². The number of hydrogen-bond donors (Lipinski definition) is 0. The first-order chi connectivity index (χ1) is 17.9. The zero-order valence-corrected chi connectivity index (χ0v) is 20.2. The molecule has 3 heterocycles. The zero-order valence-electron chi connectivity index (χ0n) is 20.2. The molecule has 0 N–H and O–H groups in total. The summed E-state index contributed by atoms with van der Waals surface area (Å²) in [6, 6.07) is 27.6. The van der Waals surface area contributed by atoms with Gasteiger partial charge in [0.1, 0.15) is 0 Å². The molecule has 7 rings (SSSR count). The summed E-state index contributed by atoms with van der Waals surface area (Å²) in [4.78, 5) is 15.1. The quantitative estimate of drug-likeness (QED) is 0.276. The summed E-state index contributed by atoms with van der Waals surface area (Å²) in [6.45, 7) is 0. The maximum Gasteiger partial charge on any atom is 0.0921 e. The van der Waals surface area contributed by atoms with Crippen LogP contribution in [0.3, 0.4) is 0 Å². The molecule has 0 bridgehead atoms. The van der Waals surface area contributed by atoms with Gasteiger partial charge in [-0.2, -0.15) is 0 Å². The largest absolute Gasteiger partial charge is 0.254 e. The van der Waals surface area contributed by atoms with Crippen LogP contribution >= 0.6 is 0 Å². The Hall–Kier alpha value is -4.11. The van der Waals surface area contributed by atoms with E-state index in [0.717, 1.165) is 48.5 Å². The van der Waals surface area contributed by atoms with Crippen LogP contribution in [0.4, 0.5) is 0 Å². The van der Waals surface area contributed by atoms with Gasteiger partial charge < -0.3 is 0 Å². The van der Waals surface area contributed by atoms with E-state index in [1.165, 1.54) is 57.3 Å². The van der Waals surface area contributed by atoms with Gasteiger partial charge in [0, 0.05) is 23.5 Å². The standard InChI is InChI=1S/C33H27N3/c1-3-10-22(11-4-1)28-20-34-32(26-16-7-14-24(26)28)30-18-9-19-31(36-30)33-27-17-8-15-25(27)29(21-35-33)23-12-5-2-6-13-23/h1-6,9-13,18-21H,7-8,14-17H2. The molecule has 36 heavy (non-hydrogen) atoms. The predicted molar refractivity (Wildman–Crippen MR) is 146 cm³/mol. The van der Waals surface area contributed by atoms with E-state index in [0.29, 0.717) is 0 Å². The molecule has 0 atom stereocenters. The first kappa shape index (κ1) is 21.2. The second-order valence-corrected chi connectivity index (χ2v) is 9.80. The third kappa shape index (κ3) is 3.54. The Balaban J connectivity index is 1.31. The average molecular weight is 466 g/mol. The first-order valence-electron chi connectivity index (χ1n) is 13.0. The predicted octanol–water partition coefficient (Wildman–Crippen LogP) is 7.52. The third-order valence-electron chi connectivity index (χ3n) is 7.71. The van der Waals surface area contributed by atoms with Crippen molar-refractivity contribution < 1.29 is 0 Å². The van der Waals surface area contributed by atoms with Crippen LogP contribution in [0, 0.1) is 0 Å². The summed E-state index contributed by atoms with van der Waals surface area (Å²) in [5.74, 6) is 0. The van der Waals surface area contributed by atoms with Crippen molar-refractivity contribution in [3.8, 4) is 45.0 Å². The van der Waals surface area contributed by atoms with Crippen LogP contribution in [0.5, 0.6) is 0 Å². The SMILES string of the molecule is c1ccc(-c2cnc(-c3cccc(-c4ncc(-c5ccccc5)c5c4CCC5)n3)c3c2CCC3)cc1. The zero-order chi connectivity index (χ0) is 23.9. The van der Waals surface area contributed by atoms with E-state index in [1.807, 2.05) is 12.4 Å². The van der Waals surface area contributed by atoms with E-state index in [-0.39, 0.29) is 0 Å². The maximum absolute atomic E-state index is 5.15. The Morgan fingerprint density at radius 1 is 0.444 bits per heavy atom. The van der Waals surface area contributed by atoms with Crippen molar-refractivity contribution in [2.45, 2.75) is 38.5 Å². The van der Waals surface area contributed by atoms with Crippen molar-refractivity contribution in [2.24, 2.45) is 0 Å². The summed E-state index contributed by atoms with van der Waals surface area (Å²) >= 11 is 0. The summed E-state index contributed by atoms with van der Waals surface area (Å²) in [7, 11) is 0. The molecule has 0 spiro atoms. The van der Waals surface area contributed by atoms with E-state index in [9.17, 15) is 0 Å². The Labute approximate surface area is 211 Å². The molecule has 3 heteroatoms. The normalized spacial score (nSPS) is 14.0. The van der Waals surface area contributed by atoms with Gasteiger partial charge in [0.2, 0.25) is 0 Å². The maximum atomic E-state index is 5.15. The molecule has 174 valence electrons. The minimum absolute atomic E-state index is 0.950. The lowest BCUT2D eigenvalue weighted by Gasteiger charge is -2.15. The monoisotopic (exact) mass is 465 g/mol. The number of pyridine rings is 3. The van der Waals surface area contributed by atoms with Crippen molar-refractivity contribution >= 4 is 0 Å². The van der Waals surface area contributed by atoms with Crippen LogP contribution in [0.1, 0.15) is 35.1 Å². The summed E-state index contributed by atoms with van der Waals surface area (Å²) in [5.41, 5.74) is 14.6. The fourth-order valence-corrected chi connectivity index (χ4v) is 6.05. The Morgan fingerprint density at radius 3 is 1.36 bits per heavy atom. The average Bonchev–Trinajstić information content (AvgIpc) is 3.64. The lowest BCUT2D eigenvalue weighted by Crippen LogP contribution is -2.01. The Morgan fingerprint density at radius 2 is 0.889 bits per heavy atom. The van der Waals surface area contributed by atoms with Gasteiger partial charge in [0.05, 0.1) is 22.8 Å². The molecule has 0 aliphatic heterocycles. The Kier molecular flexibility index (Phi) is 5.20. The highest BCUT2D eigenvalue weighted by Crippen LogP contribution is 2.39. The van der Waals surface area contributed by atoms with Crippen LogP contribution in [0.25, 0.3) is 45.0 Å². The molecular weight excluding hydrogens is 438 g/mol. The van der Waals surface area contributed by atoms with Crippen LogP contribution in [-0.2, 0) is 25.7 Å². The van der Waals surface area contributed by atoms with Gasteiger partial charge in [-0.1, -0.05) is 66.7 Å². The molecule has 2 aliphatic rings. The van der Waals surface area contributed by atoms with Crippen LogP contribution in [0.2, 0.25) is 0 Å². The molecule has 3 nitrogen and oxygen atoms in total. The minimum Gasteiger partial charge on any atom is -0.254 e. The van der Waals surface area contributed by atoms with E-state index in [4.69, 9.17) is 15.0 Å². The molecular formula is C33H27N3. The minimum atomic E-state index is 0.950. The number of hydrogen-bond acceptors (Lipinski definition) is 3. The summed E-state index contributed by atoms with van der Waals surface area (Å²) in [5, 5.41) is 0. The smallest absolute Gasteiger partial charge is 0.0921 e. The van der Waals surface area contributed by atoms with E-state index < -0.39 is 0 Å². The van der Waals surface area contributed by atoms with Crippen molar-refractivity contribution in [1.29, 1.82) is 0 Å². The fourth-order valence-electron chi connectivity index (χ4n) is 6.05. The lowest BCUT2D eigenvalue weighted by molar-refractivity contribution is 0.911. The van der Waals surface area contributed by atoms with Gasteiger partial charge in [-0.05, 0) is 84.0 Å². The summed E-state index contributed by atoms with van der Waals surface area (Å²) in [6.07, 6.45) is 10.8. The van der Waals surface area contributed by atoms with Crippen molar-refractivity contribution in [1.82, 2.24) is 15.0 Å². The lowest BCUT2D eigenvalue weighted by atomic mass is 9.96. The number of nitrogens with zero attached hydrogens (tertiary/aromatic N) is 3. The van der Waals surface area contributed by atoms with Crippen molar-refractivity contribution in [2.75, 3.05) is 0 Å². The van der Waals surface area contributed by atoms with Crippen molar-refractivity contribution in [3.05, 3.63) is 114 Å². The summed E-state index contributed by atoms with van der Waals surface area (Å²) < 4.78 is 0. The molecule has 3 aromatic heterocycles. The van der Waals surface area contributed by atoms with Gasteiger partial charge in [-0.3, -0.25) is 9.97 Å². The van der Waals surface area contributed by atoms with Crippen LogP contribution in [-0.4, -0.2) is 15.0 Å². The topological polar surface area (TPSA) is 38.7 Å². The number of fused-ring (bicyclic) bond motifs is 2. The molecule has 2 aromatic carbocycles. The Bertz CT molecular complexity index is 1460. The van der Waals surface area contributed by atoms with Gasteiger partial charge >= 0.3 is 0 Å². The van der Waals surface area contributed by atoms with Crippen LogP contribution in [0.15, 0.2) is 91.3 Å². The number of aromatic nitrogens is 3. The second kappa shape index (κ2) is 8.83. The van der Waals surface area contributed by atoms with Gasteiger partial charge in [-0.15, -0.1) is 0 Å². The highest BCUT2D eigenvalue weighted by atomic mass is 14.8. The van der Waals surface area contributed by atoms with Gasteiger partial charge in [0.15, 0.2) is 0 Å². The fraction of sp³-hybridized carbons (Fsp3) is 0.182. The molecule has 2 aliphatic carbocycles. The molecule has 5 aromatic rings. The third-order valence-corrected chi connectivity index (χ3v) is 7.71. The molecule has 0 saturated heterocycles. The number of rotatable bonds is 4. The van der Waals surface area contributed by atoms with E-state index in [1.54, 1.807) is 0 Å². The van der Waals surface area contributed by atoms with Gasteiger partial charge in [0.25, 0.3) is 0 Å². The molecule has 0 radical (unpaired) electrons. The van der Waals surface area contributed by atoms with Crippen LogP contribution < -0.4 is 0 Å². The first-order valence-corrected chi connectivity index (χ1v) is 13.0. The van der Waals surface area contributed by atoms with E-state index in [2.05, 4.69) is 78.9 Å². The highest BCUT2D eigenvalue weighted by molar-refractivity contribution is 5.77. The second-order valence-electron chi connectivity index (χ2n) is 9.80. The van der Waals surface area contributed by atoms with Crippen molar-refractivity contribution in [3.63, 3.8) is 0 Å². The number of benzene rings is 2. The molecule has 0 unspecified atom stereocenters. The molecule has 0 amide bonds. The van der Waals surface area contributed by atoms with E-state index >= 15 is 0 Å².